The molecular weight excluding hydrogens is 288 g/mol. The molecule has 1 fully saturated rings. The highest BCUT2D eigenvalue weighted by Gasteiger charge is 2.27. The van der Waals surface area contributed by atoms with E-state index in [1.807, 2.05) is 6.20 Å². The zero-order chi connectivity index (χ0) is 15.6. The summed E-state index contributed by atoms with van der Waals surface area (Å²) in [7, 11) is 2.21. The highest BCUT2D eigenvalue weighted by Crippen LogP contribution is 2.23. The summed E-state index contributed by atoms with van der Waals surface area (Å²) in [5, 5.41) is 0. The fourth-order valence-electron chi connectivity index (χ4n) is 3.66. The van der Waals surface area contributed by atoms with Gasteiger partial charge < -0.3 is 14.2 Å². The van der Waals surface area contributed by atoms with Crippen molar-refractivity contribution < 1.29 is 4.74 Å². The van der Waals surface area contributed by atoms with Gasteiger partial charge in [0.1, 0.15) is 12.4 Å². The molecule has 2 aliphatic heterocycles. The first-order chi connectivity index (χ1) is 11.3. The fraction of sp³-hybridized carbons (Fsp3) is 0.500. The van der Waals surface area contributed by atoms with Crippen LogP contribution in [0.25, 0.3) is 0 Å². The van der Waals surface area contributed by atoms with Crippen molar-refractivity contribution in [2.45, 2.75) is 32.2 Å². The van der Waals surface area contributed by atoms with E-state index in [9.17, 15) is 0 Å². The van der Waals surface area contributed by atoms with Crippen LogP contribution in [0.3, 0.4) is 0 Å². The Morgan fingerprint density at radius 2 is 2.13 bits per heavy atom. The Kier molecular flexibility index (Phi) is 4.06. The molecule has 0 radical (unpaired) electrons. The normalized spacial score (nSPS) is 21.3. The SMILES string of the molecule is CN(c1ccccc1)C1CCN(Cc2cnc3n2CCOC3)C1. The second-order valence-electron chi connectivity index (χ2n) is 6.49. The van der Waals surface area contributed by atoms with E-state index < -0.39 is 0 Å². The summed E-state index contributed by atoms with van der Waals surface area (Å²) < 4.78 is 7.80. The van der Waals surface area contributed by atoms with Gasteiger partial charge in [0.2, 0.25) is 0 Å². The molecule has 1 atom stereocenters. The summed E-state index contributed by atoms with van der Waals surface area (Å²) >= 11 is 0. The first-order valence-electron chi connectivity index (χ1n) is 8.42. The highest BCUT2D eigenvalue weighted by molar-refractivity contribution is 5.46. The van der Waals surface area contributed by atoms with Crippen LogP contribution in [0.2, 0.25) is 0 Å². The average Bonchev–Trinajstić information content (AvgIpc) is 3.23. The monoisotopic (exact) mass is 312 g/mol. The summed E-state index contributed by atoms with van der Waals surface area (Å²) in [4.78, 5) is 9.46. The van der Waals surface area contributed by atoms with E-state index in [2.05, 4.69) is 56.7 Å². The minimum Gasteiger partial charge on any atom is -0.372 e. The topological polar surface area (TPSA) is 33.5 Å². The molecule has 0 amide bonds. The van der Waals surface area contributed by atoms with Gasteiger partial charge in [0.15, 0.2) is 0 Å². The number of para-hydroxylation sites is 1. The molecule has 1 aromatic heterocycles. The van der Waals surface area contributed by atoms with Crippen molar-refractivity contribution in [3.63, 3.8) is 0 Å². The van der Waals surface area contributed by atoms with Crippen LogP contribution in [0.4, 0.5) is 5.69 Å². The highest BCUT2D eigenvalue weighted by atomic mass is 16.5. The molecule has 3 heterocycles. The molecule has 0 spiro atoms. The van der Waals surface area contributed by atoms with Crippen LogP contribution in [-0.2, 0) is 24.4 Å². The van der Waals surface area contributed by atoms with Gasteiger partial charge in [-0.1, -0.05) is 18.2 Å². The van der Waals surface area contributed by atoms with Crippen LogP contribution in [0.5, 0.6) is 0 Å². The minimum absolute atomic E-state index is 0.587. The third-order valence-corrected chi connectivity index (χ3v) is 5.06. The summed E-state index contributed by atoms with van der Waals surface area (Å²) in [5.41, 5.74) is 2.63. The van der Waals surface area contributed by atoms with Gasteiger partial charge in [-0.2, -0.15) is 0 Å². The molecule has 0 aliphatic carbocycles. The first kappa shape index (κ1) is 14.7. The first-order valence-corrected chi connectivity index (χ1v) is 8.42. The van der Waals surface area contributed by atoms with Crippen molar-refractivity contribution in [1.29, 1.82) is 0 Å². The summed E-state index contributed by atoms with van der Waals surface area (Å²) in [6, 6.07) is 11.3. The summed E-state index contributed by atoms with van der Waals surface area (Å²) in [6.45, 7) is 5.65. The zero-order valence-corrected chi connectivity index (χ0v) is 13.7. The number of likely N-dealkylation sites (N-methyl/N-ethyl adjacent to an activating group) is 1. The van der Waals surface area contributed by atoms with E-state index in [1.165, 1.54) is 17.8 Å². The molecule has 5 nitrogen and oxygen atoms in total. The number of hydrogen-bond donors (Lipinski definition) is 0. The molecule has 4 rings (SSSR count). The molecule has 1 aromatic carbocycles. The smallest absolute Gasteiger partial charge is 0.135 e. The lowest BCUT2D eigenvalue weighted by molar-refractivity contribution is 0.0798. The van der Waals surface area contributed by atoms with Crippen molar-refractivity contribution in [1.82, 2.24) is 14.5 Å². The maximum absolute atomic E-state index is 5.47. The Morgan fingerprint density at radius 3 is 3.00 bits per heavy atom. The van der Waals surface area contributed by atoms with Crippen molar-refractivity contribution in [2.75, 3.05) is 31.6 Å². The van der Waals surface area contributed by atoms with Crippen LogP contribution >= 0.6 is 0 Å². The van der Waals surface area contributed by atoms with E-state index in [0.717, 1.165) is 38.6 Å². The van der Waals surface area contributed by atoms with Crippen LogP contribution < -0.4 is 4.90 Å². The zero-order valence-electron chi connectivity index (χ0n) is 13.7. The molecule has 2 aliphatic rings. The Balaban J connectivity index is 1.40. The molecule has 5 heteroatoms. The largest absolute Gasteiger partial charge is 0.372 e. The molecule has 1 unspecified atom stereocenters. The lowest BCUT2D eigenvalue weighted by atomic mass is 10.2. The van der Waals surface area contributed by atoms with Crippen LogP contribution in [0, 0.1) is 0 Å². The maximum atomic E-state index is 5.47. The lowest BCUT2D eigenvalue weighted by Gasteiger charge is -2.27. The van der Waals surface area contributed by atoms with Gasteiger partial charge in [-0.3, -0.25) is 4.90 Å². The predicted octanol–water partition coefficient (Wildman–Crippen LogP) is 2.12. The molecule has 0 bridgehead atoms. The summed E-state index contributed by atoms with van der Waals surface area (Å²) in [6.07, 6.45) is 3.24. The van der Waals surface area contributed by atoms with E-state index >= 15 is 0 Å². The molecule has 23 heavy (non-hydrogen) atoms. The van der Waals surface area contributed by atoms with Crippen molar-refractivity contribution in [3.8, 4) is 0 Å². The van der Waals surface area contributed by atoms with Gasteiger partial charge in [0.05, 0.1) is 12.3 Å². The molecular formula is C18H24N4O. The number of likely N-dealkylation sites (tertiary alicyclic amines) is 1. The van der Waals surface area contributed by atoms with Crippen molar-refractivity contribution in [3.05, 3.63) is 48.0 Å². The molecule has 0 N–H and O–H groups in total. The van der Waals surface area contributed by atoms with E-state index in [1.54, 1.807) is 0 Å². The lowest BCUT2D eigenvalue weighted by Crippen LogP contribution is -2.34. The number of anilines is 1. The molecule has 2 aromatic rings. The number of aromatic nitrogens is 2. The average molecular weight is 312 g/mol. The minimum atomic E-state index is 0.587. The number of rotatable bonds is 4. The van der Waals surface area contributed by atoms with Crippen LogP contribution in [-0.4, -0.2) is 47.2 Å². The van der Waals surface area contributed by atoms with E-state index in [4.69, 9.17) is 4.74 Å². The van der Waals surface area contributed by atoms with Gasteiger partial charge in [-0.25, -0.2) is 4.98 Å². The van der Waals surface area contributed by atoms with Crippen LogP contribution in [0.1, 0.15) is 17.9 Å². The Labute approximate surface area is 137 Å². The van der Waals surface area contributed by atoms with Gasteiger partial charge >= 0.3 is 0 Å². The van der Waals surface area contributed by atoms with Crippen molar-refractivity contribution in [2.24, 2.45) is 0 Å². The summed E-state index contributed by atoms with van der Waals surface area (Å²) in [5.74, 6) is 1.07. The third kappa shape index (κ3) is 2.99. The Bertz CT molecular complexity index is 654. The third-order valence-electron chi connectivity index (χ3n) is 5.06. The number of benzene rings is 1. The number of ether oxygens (including phenoxy) is 1. The second kappa shape index (κ2) is 6.34. The number of imidazole rings is 1. The van der Waals surface area contributed by atoms with Gasteiger partial charge in [-0.15, -0.1) is 0 Å². The van der Waals surface area contributed by atoms with Gasteiger partial charge in [0.25, 0.3) is 0 Å². The van der Waals surface area contributed by atoms with Gasteiger partial charge in [-0.05, 0) is 18.6 Å². The van der Waals surface area contributed by atoms with E-state index in [0.29, 0.717) is 12.6 Å². The second-order valence-corrected chi connectivity index (χ2v) is 6.49. The Hall–Kier alpha value is -1.85. The quantitative estimate of drug-likeness (QED) is 0.866. The maximum Gasteiger partial charge on any atom is 0.135 e. The number of fused-ring (bicyclic) bond motifs is 1. The van der Waals surface area contributed by atoms with Gasteiger partial charge in [0, 0.05) is 51.2 Å². The van der Waals surface area contributed by atoms with E-state index in [-0.39, 0.29) is 0 Å². The molecule has 122 valence electrons. The van der Waals surface area contributed by atoms with Crippen molar-refractivity contribution >= 4 is 5.69 Å². The van der Waals surface area contributed by atoms with Crippen LogP contribution in [0.15, 0.2) is 36.5 Å². The Morgan fingerprint density at radius 1 is 1.26 bits per heavy atom. The molecule has 1 saturated heterocycles. The standard InChI is InChI=1S/C18H24N4O/c1-20(15-5-3-2-4-6-15)16-7-8-21(12-16)13-17-11-19-18-14-23-10-9-22(17)18/h2-6,11,16H,7-10,12-14H2,1H3. The number of hydrogen-bond acceptors (Lipinski definition) is 4. The fourth-order valence-corrected chi connectivity index (χ4v) is 3.66. The number of nitrogens with zero attached hydrogens (tertiary/aromatic N) is 4. The predicted molar refractivity (Wildman–Crippen MR) is 90.4 cm³/mol. The molecule has 0 saturated carbocycles.